The largest absolute Gasteiger partial charge is 0.493 e. The Morgan fingerprint density at radius 2 is 2.00 bits per heavy atom. The van der Waals surface area contributed by atoms with Gasteiger partial charge in [-0.15, -0.1) is 0 Å². The SMILES string of the molecule is COc1ccccc1OCC(=O)N(Cc1ccc(Br)o1)[C@@H]1CCS(=O)(=O)C1. The fourth-order valence-corrected chi connectivity index (χ4v) is 5.08. The first-order chi connectivity index (χ1) is 12.9. The van der Waals surface area contributed by atoms with Crippen molar-refractivity contribution >= 4 is 31.7 Å². The number of amides is 1. The van der Waals surface area contributed by atoms with E-state index in [1.807, 2.05) is 0 Å². The van der Waals surface area contributed by atoms with Crippen LogP contribution in [0.5, 0.6) is 11.5 Å². The molecule has 0 aliphatic carbocycles. The van der Waals surface area contributed by atoms with Crippen molar-refractivity contribution in [2.75, 3.05) is 25.2 Å². The normalized spacial score (nSPS) is 18.2. The van der Waals surface area contributed by atoms with Crippen LogP contribution in [-0.2, 0) is 21.2 Å². The van der Waals surface area contributed by atoms with E-state index in [1.165, 1.54) is 12.0 Å². The van der Waals surface area contributed by atoms with Gasteiger partial charge in [-0.1, -0.05) is 12.1 Å². The van der Waals surface area contributed by atoms with Crippen LogP contribution < -0.4 is 9.47 Å². The Bertz CT molecular complexity index is 910. The first-order valence-corrected chi connectivity index (χ1v) is 11.0. The highest BCUT2D eigenvalue weighted by atomic mass is 79.9. The van der Waals surface area contributed by atoms with Crippen LogP contribution in [0, 0.1) is 0 Å². The van der Waals surface area contributed by atoms with Crippen molar-refractivity contribution in [3.8, 4) is 11.5 Å². The van der Waals surface area contributed by atoms with E-state index in [2.05, 4.69) is 15.9 Å². The summed E-state index contributed by atoms with van der Waals surface area (Å²) in [6.45, 7) is -0.0430. The van der Waals surface area contributed by atoms with E-state index in [-0.39, 0.29) is 30.6 Å². The lowest BCUT2D eigenvalue weighted by Gasteiger charge is -2.27. The predicted molar refractivity (Wildman–Crippen MR) is 103 cm³/mol. The Morgan fingerprint density at radius 1 is 1.26 bits per heavy atom. The molecule has 0 unspecified atom stereocenters. The number of sulfone groups is 1. The van der Waals surface area contributed by atoms with Crippen molar-refractivity contribution in [2.24, 2.45) is 0 Å². The highest BCUT2D eigenvalue weighted by Gasteiger charge is 2.35. The van der Waals surface area contributed by atoms with Crippen LogP contribution in [-0.4, -0.2) is 50.5 Å². The quantitative estimate of drug-likeness (QED) is 0.634. The Balaban J connectivity index is 1.74. The van der Waals surface area contributed by atoms with Crippen LogP contribution in [0.15, 0.2) is 45.5 Å². The number of nitrogens with zero attached hydrogens (tertiary/aromatic N) is 1. The summed E-state index contributed by atoms with van der Waals surface area (Å²) in [4.78, 5) is 14.4. The van der Waals surface area contributed by atoms with Crippen LogP contribution in [0.3, 0.4) is 0 Å². The van der Waals surface area contributed by atoms with E-state index in [0.717, 1.165) is 0 Å². The number of furan rings is 1. The third-order valence-corrected chi connectivity index (χ3v) is 6.52. The van der Waals surface area contributed by atoms with E-state index in [4.69, 9.17) is 13.9 Å². The molecule has 9 heteroatoms. The monoisotopic (exact) mass is 457 g/mol. The lowest BCUT2D eigenvalue weighted by Crippen LogP contribution is -2.43. The maximum absolute atomic E-state index is 12.8. The third kappa shape index (κ3) is 5.04. The number of carbonyl (C=O) groups excluding carboxylic acids is 1. The molecule has 7 nitrogen and oxygen atoms in total. The molecule has 0 N–H and O–H groups in total. The van der Waals surface area contributed by atoms with E-state index in [9.17, 15) is 13.2 Å². The summed E-state index contributed by atoms with van der Waals surface area (Å²) in [7, 11) is -1.61. The second-order valence-corrected chi connectivity index (χ2v) is 9.23. The molecule has 2 heterocycles. The van der Waals surface area contributed by atoms with Gasteiger partial charge >= 0.3 is 0 Å². The van der Waals surface area contributed by atoms with Gasteiger partial charge in [0.2, 0.25) is 0 Å². The minimum absolute atomic E-state index is 0.0464. The lowest BCUT2D eigenvalue weighted by molar-refractivity contribution is -0.136. The fraction of sp³-hybridized carbons (Fsp3) is 0.389. The standard InChI is InChI=1S/C18H20BrNO6S/c1-24-15-4-2-3-5-16(15)25-11-18(21)20(10-14-6-7-17(19)26-14)13-8-9-27(22,23)12-13/h2-7,13H,8-12H2,1H3/t13-/m1/s1. The number of halogens is 1. The molecule has 1 aromatic carbocycles. The van der Waals surface area contributed by atoms with Gasteiger partial charge in [0.25, 0.3) is 5.91 Å². The fourth-order valence-electron chi connectivity index (χ4n) is 3.01. The Kier molecular flexibility index (Phi) is 6.11. The number of methoxy groups -OCH3 is 1. The van der Waals surface area contributed by atoms with Gasteiger partial charge in [0, 0.05) is 6.04 Å². The molecule has 1 amide bonds. The third-order valence-electron chi connectivity index (χ3n) is 4.34. The highest BCUT2D eigenvalue weighted by molar-refractivity contribution is 9.10. The molecule has 0 saturated carbocycles. The van der Waals surface area contributed by atoms with Crippen molar-refractivity contribution in [1.29, 1.82) is 0 Å². The number of para-hydroxylation sites is 2. The van der Waals surface area contributed by atoms with Crippen molar-refractivity contribution in [3.63, 3.8) is 0 Å². The van der Waals surface area contributed by atoms with Crippen molar-refractivity contribution in [1.82, 2.24) is 4.90 Å². The Morgan fingerprint density at radius 3 is 2.59 bits per heavy atom. The number of hydrogen-bond donors (Lipinski definition) is 0. The van der Waals surface area contributed by atoms with Gasteiger partial charge in [0.05, 0.1) is 25.2 Å². The molecule has 146 valence electrons. The molecule has 2 aromatic rings. The zero-order valence-corrected chi connectivity index (χ0v) is 17.2. The molecule has 1 aliphatic rings. The van der Waals surface area contributed by atoms with Crippen molar-refractivity contribution in [2.45, 2.75) is 19.0 Å². The van der Waals surface area contributed by atoms with Crippen LogP contribution in [0.25, 0.3) is 0 Å². The highest BCUT2D eigenvalue weighted by Crippen LogP contribution is 2.27. The number of rotatable bonds is 7. The number of benzene rings is 1. The van der Waals surface area contributed by atoms with Gasteiger partial charge in [-0.2, -0.15) is 0 Å². The van der Waals surface area contributed by atoms with Gasteiger partial charge in [-0.05, 0) is 46.6 Å². The van der Waals surface area contributed by atoms with Gasteiger partial charge in [-0.3, -0.25) is 4.79 Å². The average Bonchev–Trinajstić information content (AvgIpc) is 3.22. The minimum atomic E-state index is -3.13. The Labute approximate surface area is 166 Å². The number of hydrogen-bond acceptors (Lipinski definition) is 6. The minimum Gasteiger partial charge on any atom is -0.493 e. The maximum Gasteiger partial charge on any atom is 0.261 e. The summed E-state index contributed by atoms with van der Waals surface area (Å²) in [6, 6.07) is 10.1. The summed E-state index contributed by atoms with van der Waals surface area (Å²) in [6.07, 6.45) is 0.407. The van der Waals surface area contributed by atoms with E-state index in [0.29, 0.717) is 28.3 Å². The molecule has 27 heavy (non-hydrogen) atoms. The molecule has 1 atom stereocenters. The molecule has 3 rings (SSSR count). The molecule has 1 saturated heterocycles. The van der Waals surface area contributed by atoms with Gasteiger partial charge in [0.15, 0.2) is 32.6 Å². The number of carbonyl (C=O) groups is 1. The van der Waals surface area contributed by atoms with E-state index in [1.54, 1.807) is 36.4 Å². The molecule has 1 aliphatic heterocycles. The first kappa shape index (κ1) is 19.8. The van der Waals surface area contributed by atoms with E-state index >= 15 is 0 Å². The predicted octanol–water partition coefficient (Wildman–Crippen LogP) is 2.65. The Hall–Kier alpha value is -2.00. The first-order valence-electron chi connectivity index (χ1n) is 8.38. The van der Waals surface area contributed by atoms with E-state index < -0.39 is 15.9 Å². The average molecular weight is 458 g/mol. The summed E-state index contributed by atoms with van der Waals surface area (Å²) in [5.74, 6) is 1.27. The molecule has 0 radical (unpaired) electrons. The molecule has 1 fully saturated rings. The molecule has 1 aromatic heterocycles. The van der Waals surface area contributed by atoms with Crippen LogP contribution in [0.4, 0.5) is 0 Å². The van der Waals surface area contributed by atoms with Crippen molar-refractivity contribution in [3.05, 3.63) is 46.8 Å². The summed E-state index contributed by atoms with van der Waals surface area (Å²) in [5, 5.41) is 0. The summed E-state index contributed by atoms with van der Waals surface area (Å²) >= 11 is 3.23. The summed E-state index contributed by atoms with van der Waals surface area (Å²) in [5.41, 5.74) is 0. The smallest absolute Gasteiger partial charge is 0.261 e. The van der Waals surface area contributed by atoms with Gasteiger partial charge in [-0.25, -0.2) is 8.42 Å². The molecule has 0 spiro atoms. The summed E-state index contributed by atoms with van der Waals surface area (Å²) < 4.78 is 40.6. The molecule has 0 bridgehead atoms. The number of ether oxygens (including phenoxy) is 2. The molecular weight excluding hydrogens is 438 g/mol. The van der Waals surface area contributed by atoms with Gasteiger partial charge < -0.3 is 18.8 Å². The van der Waals surface area contributed by atoms with Crippen LogP contribution in [0.1, 0.15) is 12.2 Å². The maximum atomic E-state index is 12.8. The van der Waals surface area contributed by atoms with Crippen molar-refractivity contribution < 1.29 is 27.1 Å². The van der Waals surface area contributed by atoms with Crippen LogP contribution >= 0.6 is 15.9 Å². The lowest BCUT2D eigenvalue weighted by atomic mass is 10.2. The zero-order chi connectivity index (χ0) is 19.4. The topological polar surface area (TPSA) is 86.1 Å². The molecular formula is C18H20BrNO6S. The second-order valence-electron chi connectivity index (χ2n) is 6.22. The zero-order valence-electron chi connectivity index (χ0n) is 14.8. The van der Waals surface area contributed by atoms with Gasteiger partial charge in [0.1, 0.15) is 5.76 Å². The second kappa shape index (κ2) is 8.35. The van der Waals surface area contributed by atoms with Crippen LogP contribution in [0.2, 0.25) is 0 Å².